The molecular formula is C22H30N6OS. The van der Waals surface area contributed by atoms with Crippen LogP contribution >= 0.6 is 11.3 Å². The molecule has 160 valence electrons. The fraction of sp³-hybridized carbons (Fsp3) is 0.591. The molecule has 0 bridgehead atoms. The molecule has 1 aromatic heterocycles. The Labute approximate surface area is 181 Å². The zero-order valence-corrected chi connectivity index (χ0v) is 18.2. The Kier molecular flexibility index (Phi) is 5.86. The third kappa shape index (κ3) is 4.44. The summed E-state index contributed by atoms with van der Waals surface area (Å²) < 4.78 is 0. The Hall–Kier alpha value is -2.19. The molecular weight excluding hydrogens is 396 g/mol. The van der Waals surface area contributed by atoms with E-state index < -0.39 is 0 Å². The zero-order chi connectivity index (χ0) is 20.3. The van der Waals surface area contributed by atoms with Crippen LogP contribution in [0.3, 0.4) is 0 Å². The number of hydrogen-bond acceptors (Lipinski definition) is 6. The number of benzene rings is 1. The molecule has 5 rings (SSSR count). The van der Waals surface area contributed by atoms with E-state index in [1.807, 2.05) is 0 Å². The van der Waals surface area contributed by atoms with Crippen LogP contribution < -0.4 is 15.5 Å². The Morgan fingerprint density at radius 2 is 1.77 bits per heavy atom. The predicted molar refractivity (Wildman–Crippen MR) is 120 cm³/mol. The van der Waals surface area contributed by atoms with Crippen molar-refractivity contribution < 1.29 is 4.79 Å². The number of carbonyl (C=O) groups excluding carboxylic acids is 1. The molecule has 7 nitrogen and oxygen atoms in total. The fourth-order valence-electron chi connectivity index (χ4n) is 5.05. The van der Waals surface area contributed by atoms with E-state index in [4.69, 9.17) is 0 Å². The largest absolute Gasteiger partial charge is 0.344 e. The molecule has 0 radical (unpaired) electrons. The summed E-state index contributed by atoms with van der Waals surface area (Å²) >= 11 is 1.47. The van der Waals surface area contributed by atoms with Gasteiger partial charge in [-0.25, -0.2) is 4.79 Å². The third-order valence-corrected chi connectivity index (χ3v) is 7.65. The van der Waals surface area contributed by atoms with Crippen LogP contribution in [-0.2, 0) is 12.8 Å². The highest BCUT2D eigenvalue weighted by molar-refractivity contribution is 7.19. The predicted octanol–water partition coefficient (Wildman–Crippen LogP) is 3.28. The van der Waals surface area contributed by atoms with Crippen molar-refractivity contribution in [3.63, 3.8) is 0 Å². The van der Waals surface area contributed by atoms with Gasteiger partial charge in [-0.3, -0.25) is 10.2 Å². The van der Waals surface area contributed by atoms with Crippen molar-refractivity contribution in [1.29, 1.82) is 0 Å². The van der Waals surface area contributed by atoms with Gasteiger partial charge in [-0.15, -0.1) is 10.2 Å². The van der Waals surface area contributed by atoms with Crippen molar-refractivity contribution in [2.45, 2.75) is 57.0 Å². The van der Waals surface area contributed by atoms with Gasteiger partial charge in [-0.1, -0.05) is 48.4 Å². The Bertz CT molecular complexity index is 872. The van der Waals surface area contributed by atoms with Crippen molar-refractivity contribution >= 4 is 27.6 Å². The van der Waals surface area contributed by atoms with E-state index in [-0.39, 0.29) is 6.03 Å². The van der Waals surface area contributed by atoms with E-state index in [0.29, 0.717) is 17.2 Å². The van der Waals surface area contributed by atoms with Crippen molar-refractivity contribution in [2.24, 2.45) is 0 Å². The third-order valence-electron chi connectivity index (χ3n) is 6.75. The summed E-state index contributed by atoms with van der Waals surface area (Å²) in [7, 11) is 0. The average Bonchev–Trinajstić information content (AvgIpc) is 3.46. The molecule has 1 saturated heterocycles. The van der Waals surface area contributed by atoms with Crippen LogP contribution in [0.2, 0.25) is 0 Å². The van der Waals surface area contributed by atoms with E-state index in [1.165, 1.54) is 54.6 Å². The summed E-state index contributed by atoms with van der Waals surface area (Å²) in [6.45, 7) is 4.02. The summed E-state index contributed by atoms with van der Waals surface area (Å²) in [6, 6.07) is 9.67. The number of amides is 2. The molecule has 2 amide bonds. The van der Waals surface area contributed by atoms with Gasteiger partial charge in [0.05, 0.1) is 0 Å². The zero-order valence-electron chi connectivity index (χ0n) is 17.3. The summed E-state index contributed by atoms with van der Waals surface area (Å²) in [5, 5.41) is 15.9. The quantitative estimate of drug-likeness (QED) is 0.785. The highest BCUT2D eigenvalue weighted by atomic mass is 32.1. The molecule has 2 N–H and O–H groups in total. The maximum atomic E-state index is 12.2. The second-order valence-electron chi connectivity index (χ2n) is 8.66. The molecule has 30 heavy (non-hydrogen) atoms. The number of anilines is 2. The molecule has 2 fully saturated rings. The van der Waals surface area contributed by atoms with Crippen LogP contribution in [0.25, 0.3) is 0 Å². The SMILES string of the molecule is O=C(Nc1nnc(N2CCN(C3CCc4ccccc4C3)CC2)s1)NC1CCCC1. The first kappa shape index (κ1) is 19.8. The fourth-order valence-corrected chi connectivity index (χ4v) is 5.84. The molecule has 1 atom stereocenters. The van der Waals surface area contributed by atoms with Crippen molar-refractivity contribution in [1.82, 2.24) is 20.4 Å². The smallest absolute Gasteiger partial charge is 0.321 e. The lowest BCUT2D eigenvalue weighted by Gasteiger charge is -2.41. The molecule has 1 aromatic carbocycles. The Morgan fingerprint density at radius 3 is 2.57 bits per heavy atom. The minimum Gasteiger partial charge on any atom is -0.344 e. The van der Waals surface area contributed by atoms with Crippen LogP contribution in [0, 0.1) is 0 Å². The van der Waals surface area contributed by atoms with Gasteiger partial charge in [0.1, 0.15) is 0 Å². The molecule has 2 aromatic rings. The lowest BCUT2D eigenvalue weighted by molar-refractivity contribution is 0.170. The minimum atomic E-state index is -0.160. The number of aryl methyl sites for hydroxylation is 1. The second-order valence-corrected chi connectivity index (χ2v) is 9.61. The summed E-state index contributed by atoms with van der Waals surface area (Å²) in [4.78, 5) is 17.1. The number of fused-ring (bicyclic) bond motifs is 1. The number of rotatable bonds is 4. The molecule has 2 aliphatic carbocycles. The molecule has 1 saturated carbocycles. The lowest BCUT2D eigenvalue weighted by Crippen LogP contribution is -2.51. The van der Waals surface area contributed by atoms with Crippen molar-refractivity contribution in [3.05, 3.63) is 35.4 Å². The van der Waals surface area contributed by atoms with Crippen LogP contribution in [0.4, 0.5) is 15.1 Å². The number of nitrogens with one attached hydrogen (secondary N) is 2. The Balaban J connectivity index is 1.11. The van der Waals surface area contributed by atoms with E-state index >= 15 is 0 Å². The monoisotopic (exact) mass is 426 g/mol. The number of hydrogen-bond donors (Lipinski definition) is 2. The van der Waals surface area contributed by atoms with Gasteiger partial charge in [-0.05, 0) is 43.2 Å². The minimum absolute atomic E-state index is 0.160. The number of urea groups is 1. The van der Waals surface area contributed by atoms with Gasteiger partial charge in [0.25, 0.3) is 0 Å². The first-order chi connectivity index (χ1) is 14.7. The van der Waals surface area contributed by atoms with Crippen molar-refractivity contribution in [2.75, 3.05) is 36.4 Å². The van der Waals surface area contributed by atoms with E-state index in [0.717, 1.165) is 44.2 Å². The summed E-state index contributed by atoms with van der Waals surface area (Å²) in [5.41, 5.74) is 3.05. The first-order valence-electron chi connectivity index (χ1n) is 11.2. The number of nitrogens with zero attached hydrogens (tertiary/aromatic N) is 4. The van der Waals surface area contributed by atoms with Crippen LogP contribution in [0.1, 0.15) is 43.2 Å². The molecule has 8 heteroatoms. The van der Waals surface area contributed by atoms with Gasteiger partial charge in [-0.2, -0.15) is 0 Å². The number of aromatic nitrogens is 2. The number of piperazine rings is 1. The van der Waals surface area contributed by atoms with Crippen LogP contribution in [0.5, 0.6) is 0 Å². The molecule has 0 spiro atoms. The average molecular weight is 427 g/mol. The normalized spacial score (nSPS) is 22.7. The maximum Gasteiger partial charge on any atom is 0.321 e. The van der Waals surface area contributed by atoms with E-state index in [1.54, 1.807) is 0 Å². The summed E-state index contributed by atoms with van der Waals surface area (Å²) in [5.74, 6) is 0. The standard InChI is InChI=1S/C22H30N6OS/c29-20(23-18-7-3-4-8-18)24-21-25-26-22(30-21)28-13-11-27(12-14-28)19-10-9-16-5-1-2-6-17(16)15-19/h1-2,5-6,18-19H,3-4,7-15H2,(H2,23,24,25,29). The van der Waals surface area contributed by atoms with Gasteiger partial charge in [0.2, 0.25) is 10.3 Å². The highest BCUT2D eigenvalue weighted by Gasteiger charge is 2.28. The molecule has 1 unspecified atom stereocenters. The van der Waals surface area contributed by atoms with Gasteiger partial charge >= 0.3 is 6.03 Å². The van der Waals surface area contributed by atoms with Gasteiger partial charge < -0.3 is 10.2 Å². The lowest BCUT2D eigenvalue weighted by atomic mass is 9.87. The molecule has 1 aliphatic heterocycles. The topological polar surface area (TPSA) is 73.4 Å². The molecule has 3 aliphatic rings. The maximum absolute atomic E-state index is 12.2. The van der Waals surface area contributed by atoms with Crippen LogP contribution in [-0.4, -0.2) is 59.4 Å². The van der Waals surface area contributed by atoms with E-state index in [9.17, 15) is 4.79 Å². The van der Waals surface area contributed by atoms with E-state index in [2.05, 4.69) is 54.9 Å². The number of carbonyl (C=O) groups is 1. The van der Waals surface area contributed by atoms with Gasteiger partial charge in [0, 0.05) is 38.3 Å². The van der Waals surface area contributed by atoms with Crippen molar-refractivity contribution in [3.8, 4) is 0 Å². The Morgan fingerprint density at radius 1 is 1.00 bits per heavy atom. The van der Waals surface area contributed by atoms with Gasteiger partial charge in [0.15, 0.2) is 0 Å². The molecule has 2 heterocycles. The van der Waals surface area contributed by atoms with Crippen LogP contribution in [0.15, 0.2) is 24.3 Å². The summed E-state index contributed by atoms with van der Waals surface area (Å²) in [6.07, 6.45) is 8.16. The highest BCUT2D eigenvalue weighted by Crippen LogP contribution is 2.28. The second kappa shape index (κ2) is 8.89. The first-order valence-corrected chi connectivity index (χ1v) is 12.0.